The van der Waals surface area contributed by atoms with Crippen molar-refractivity contribution in [2.75, 3.05) is 37.8 Å². The predicted octanol–water partition coefficient (Wildman–Crippen LogP) is 2.90. The zero-order chi connectivity index (χ0) is 21.9. The minimum atomic E-state index is -0.197. The molecule has 3 N–H and O–H groups in total. The van der Waals surface area contributed by atoms with Crippen LogP contribution in [-0.4, -0.2) is 49.8 Å². The lowest BCUT2D eigenvalue weighted by Crippen LogP contribution is -2.24. The van der Waals surface area contributed by atoms with Gasteiger partial charge in [-0.1, -0.05) is 25.1 Å². The highest BCUT2D eigenvalue weighted by Crippen LogP contribution is 2.14. The van der Waals surface area contributed by atoms with Gasteiger partial charge in [0.25, 0.3) is 5.91 Å². The number of anilines is 2. The average Bonchev–Trinajstić information content (AvgIpc) is 2.74. The van der Waals surface area contributed by atoms with Crippen LogP contribution in [0.5, 0.6) is 0 Å². The Morgan fingerprint density at radius 2 is 1.70 bits per heavy atom. The largest absolute Gasteiger partial charge is 0.376 e. The number of amides is 3. The molecule has 0 radical (unpaired) electrons. The van der Waals surface area contributed by atoms with Gasteiger partial charge in [0.05, 0.1) is 6.54 Å². The van der Waals surface area contributed by atoms with Crippen LogP contribution in [0.2, 0.25) is 0 Å². The lowest BCUT2D eigenvalue weighted by molar-refractivity contribution is -0.128. The number of hydrogen-bond acceptors (Lipinski definition) is 4. The molecule has 2 aromatic carbocycles. The molecule has 0 aliphatic carbocycles. The molecule has 0 fully saturated rings. The molecule has 0 saturated carbocycles. The van der Waals surface area contributed by atoms with E-state index in [1.165, 1.54) is 0 Å². The van der Waals surface area contributed by atoms with Gasteiger partial charge in [-0.2, -0.15) is 0 Å². The number of carbonyl (C=O) groups is 3. The van der Waals surface area contributed by atoms with Crippen molar-refractivity contribution in [2.24, 2.45) is 0 Å². The molecule has 0 atom stereocenters. The normalized spacial score (nSPS) is 10.2. The third kappa shape index (κ3) is 7.58. The van der Waals surface area contributed by atoms with Gasteiger partial charge in [-0.25, -0.2) is 0 Å². The van der Waals surface area contributed by atoms with Crippen LogP contribution >= 0.6 is 0 Å². The Labute approximate surface area is 177 Å². The van der Waals surface area contributed by atoms with Gasteiger partial charge in [0, 0.05) is 44.0 Å². The second-order valence-corrected chi connectivity index (χ2v) is 7.23. The van der Waals surface area contributed by atoms with Gasteiger partial charge in [0.1, 0.15) is 0 Å². The van der Waals surface area contributed by atoms with E-state index in [1.807, 2.05) is 37.3 Å². The standard InChI is InChI=1S/C23H30N4O3/c1-4-13-24-23(30)18-8-6-9-19(15-18)25-16-21(28)26-20-10-5-7-17(14-20)11-12-22(29)27(2)3/h5-10,14-15,25H,4,11-13,16H2,1-3H3,(H,24,30)(H,26,28). The molecule has 160 valence electrons. The molecule has 2 aromatic rings. The fourth-order valence-electron chi connectivity index (χ4n) is 2.78. The van der Waals surface area contributed by atoms with E-state index in [-0.39, 0.29) is 24.3 Å². The quantitative estimate of drug-likeness (QED) is 0.562. The summed E-state index contributed by atoms with van der Waals surface area (Å²) >= 11 is 0. The first-order chi connectivity index (χ1) is 14.4. The third-order valence-corrected chi connectivity index (χ3v) is 4.45. The van der Waals surface area contributed by atoms with Gasteiger partial charge in [0.15, 0.2) is 0 Å². The summed E-state index contributed by atoms with van der Waals surface area (Å²) < 4.78 is 0. The van der Waals surface area contributed by atoms with Crippen molar-refractivity contribution in [3.8, 4) is 0 Å². The first kappa shape index (κ1) is 22.9. The van der Waals surface area contributed by atoms with Gasteiger partial charge in [0.2, 0.25) is 11.8 Å². The monoisotopic (exact) mass is 410 g/mol. The summed E-state index contributed by atoms with van der Waals surface area (Å²) in [6, 6.07) is 14.5. The van der Waals surface area contributed by atoms with Crippen LogP contribution in [-0.2, 0) is 16.0 Å². The van der Waals surface area contributed by atoms with E-state index in [2.05, 4.69) is 16.0 Å². The number of benzene rings is 2. The number of carbonyl (C=O) groups excluding carboxylic acids is 3. The first-order valence-electron chi connectivity index (χ1n) is 10.1. The fourth-order valence-corrected chi connectivity index (χ4v) is 2.78. The van der Waals surface area contributed by atoms with Crippen LogP contribution in [0.15, 0.2) is 48.5 Å². The van der Waals surface area contributed by atoms with Crippen LogP contribution in [0.4, 0.5) is 11.4 Å². The maximum Gasteiger partial charge on any atom is 0.251 e. The summed E-state index contributed by atoms with van der Waals surface area (Å²) in [6.07, 6.45) is 1.91. The molecule has 0 aliphatic rings. The van der Waals surface area contributed by atoms with Crippen molar-refractivity contribution >= 4 is 29.1 Å². The highest BCUT2D eigenvalue weighted by Gasteiger charge is 2.08. The number of rotatable bonds is 10. The molecule has 0 aliphatic heterocycles. The van der Waals surface area contributed by atoms with E-state index in [0.29, 0.717) is 36.3 Å². The van der Waals surface area contributed by atoms with E-state index in [4.69, 9.17) is 0 Å². The Bertz CT molecular complexity index is 880. The number of nitrogens with zero attached hydrogens (tertiary/aromatic N) is 1. The minimum Gasteiger partial charge on any atom is -0.376 e. The number of aryl methyl sites for hydroxylation is 1. The molecule has 30 heavy (non-hydrogen) atoms. The van der Waals surface area contributed by atoms with Crippen molar-refractivity contribution in [1.82, 2.24) is 10.2 Å². The molecular weight excluding hydrogens is 380 g/mol. The molecule has 0 heterocycles. The van der Waals surface area contributed by atoms with E-state index < -0.39 is 0 Å². The second-order valence-electron chi connectivity index (χ2n) is 7.23. The van der Waals surface area contributed by atoms with E-state index in [0.717, 1.165) is 12.0 Å². The molecule has 0 unspecified atom stereocenters. The Hall–Kier alpha value is -3.35. The van der Waals surface area contributed by atoms with Crippen molar-refractivity contribution in [2.45, 2.75) is 26.2 Å². The lowest BCUT2D eigenvalue weighted by atomic mass is 10.1. The molecule has 2 rings (SSSR count). The Kier molecular flexibility index (Phi) is 8.87. The SMILES string of the molecule is CCCNC(=O)c1cccc(NCC(=O)Nc2cccc(CCC(=O)N(C)C)c2)c1. The van der Waals surface area contributed by atoms with Crippen molar-refractivity contribution in [3.63, 3.8) is 0 Å². The van der Waals surface area contributed by atoms with E-state index >= 15 is 0 Å². The fraction of sp³-hybridized carbons (Fsp3) is 0.348. The summed E-state index contributed by atoms with van der Waals surface area (Å²) in [5.41, 5.74) is 2.92. The van der Waals surface area contributed by atoms with Gasteiger partial charge < -0.3 is 20.9 Å². The zero-order valence-corrected chi connectivity index (χ0v) is 17.8. The van der Waals surface area contributed by atoms with Crippen LogP contribution in [0, 0.1) is 0 Å². The predicted molar refractivity (Wildman–Crippen MR) is 120 cm³/mol. The molecule has 0 saturated heterocycles. The molecule has 3 amide bonds. The highest BCUT2D eigenvalue weighted by molar-refractivity contribution is 5.96. The number of nitrogens with one attached hydrogen (secondary N) is 3. The third-order valence-electron chi connectivity index (χ3n) is 4.45. The van der Waals surface area contributed by atoms with Crippen LogP contribution < -0.4 is 16.0 Å². The average molecular weight is 411 g/mol. The van der Waals surface area contributed by atoms with Crippen molar-refractivity contribution in [1.29, 1.82) is 0 Å². The van der Waals surface area contributed by atoms with Crippen LogP contribution in [0.1, 0.15) is 35.7 Å². The zero-order valence-electron chi connectivity index (χ0n) is 17.8. The Balaban J connectivity index is 1.87. The van der Waals surface area contributed by atoms with Gasteiger partial charge in [-0.15, -0.1) is 0 Å². The number of hydrogen-bond donors (Lipinski definition) is 3. The molecule has 7 heteroatoms. The van der Waals surface area contributed by atoms with Crippen LogP contribution in [0.3, 0.4) is 0 Å². The molecular formula is C23H30N4O3. The molecule has 0 spiro atoms. The molecule has 0 aromatic heterocycles. The maximum atomic E-state index is 12.3. The first-order valence-corrected chi connectivity index (χ1v) is 10.1. The van der Waals surface area contributed by atoms with Crippen molar-refractivity contribution < 1.29 is 14.4 Å². The van der Waals surface area contributed by atoms with Gasteiger partial charge >= 0.3 is 0 Å². The summed E-state index contributed by atoms with van der Waals surface area (Å²) in [5, 5.41) is 8.73. The summed E-state index contributed by atoms with van der Waals surface area (Å²) in [7, 11) is 3.47. The topological polar surface area (TPSA) is 90.5 Å². The van der Waals surface area contributed by atoms with Gasteiger partial charge in [-0.05, 0) is 48.7 Å². The van der Waals surface area contributed by atoms with Crippen molar-refractivity contribution in [3.05, 3.63) is 59.7 Å². The van der Waals surface area contributed by atoms with E-state index in [1.54, 1.807) is 37.2 Å². The maximum absolute atomic E-state index is 12.3. The second kappa shape index (κ2) is 11.6. The molecule has 7 nitrogen and oxygen atoms in total. The smallest absolute Gasteiger partial charge is 0.251 e. The summed E-state index contributed by atoms with van der Waals surface area (Å²) in [5.74, 6) is -0.258. The summed E-state index contributed by atoms with van der Waals surface area (Å²) in [4.78, 5) is 37.7. The molecule has 0 bridgehead atoms. The van der Waals surface area contributed by atoms with Gasteiger partial charge in [-0.3, -0.25) is 14.4 Å². The van der Waals surface area contributed by atoms with E-state index in [9.17, 15) is 14.4 Å². The lowest BCUT2D eigenvalue weighted by Gasteiger charge is -2.11. The highest BCUT2D eigenvalue weighted by atomic mass is 16.2. The van der Waals surface area contributed by atoms with Crippen LogP contribution in [0.25, 0.3) is 0 Å². The summed E-state index contributed by atoms with van der Waals surface area (Å²) in [6.45, 7) is 2.69. The Morgan fingerprint density at radius 3 is 2.43 bits per heavy atom. The minimum absolute atomic E-state index is 0.0687. The Morgan fingerprint density at radius 1 is 0.967 bits per heavy atom.